The average Bonchev–Trinajstić information content (AvgIpc) is 2.99. The zero-order valence-electron chi connectivity index (χ0n) is 10.9. The minimum atomic E-state index is -0.221. The first kappa shape index (κ1) is 13.2. The van der Waals surface area contributed by atoms with Gasteiger partial charge in [0.15, 0.2) is 0 Å². The molecule has 1 N–H and O–H groups in total. The Bertz CT molecular complexity index is 536. The Labute approximate surface area is 111 Å². The van der Waals surface area contributed by atoms with Gasteiger partial charge in [-0.2, -0.15) is 0 Å². The molecule has 6 nitrogen and oxygen atoms in total. The van der Waals surface area contributed by atoms with Gasteiger partial charge in [0.05, 0.1) is 18.2 Å². The van der Waals surface area contributed by atoms with Crippen LogP contribution < -0.4 is 0 Å². The molecule has 0 saturated carbocycles. The summed E-state index contributed by atoms with van der Waals surface area (Å²) >= 11 is 0. The zero-order chi connectivity index (χ0) is 13.8. The molecule has 1 amide bonds. The summed E-state index contributed by atoms with van der Waals surface area (Å²) in [6, 6.07) is 3.25. The number of hydrogen-bond donors (Lipinski definition) is 1. The van der Waals surface area contributed by atoms with E-state index in [4.69, 9.17) is 5.11 Å². The molecule has 6 heteroatoms. The van der Waals surface area contributed by atoms with Crippen LogP contribution in [0.5, 0.6) is 0 Å². The van der Waals surface area contributed by atoms with Gasteiger partial charge in [-0.15, -0.1) is 0 Å². The van der Waals surface area contributed by atoms with Crippen molar-refractivity contribution >= 4 is 5.91 Å². The summed E-state index contributed by atoms with van der Waals surface area (Å²) in [6.45, 7) is 1.72. The normalized spacial score (nSPS) is 12.2. The molecule has 2 heterocycles. The number of carbonyl (C=O) groups is 1. The van der Waals surface area contributed by atoms with Crippen molar-refractivity contribution in [2.75, 3.05) is 13.7 Å². The molecule has 0 aromatic carbocycles. The smallest absolute Gasteiger partial charge is 0.255 e. The van der Waals surface area contributed by atoms with Crippen molar-refractivity contribution in [2.45, 2.75) is 13.0 Å². The third-order valence-corrected chi connectivity index (χ3v) is 3.01. The number of pyridine rings is 1. The number of likely N-dealkylation sites (N-methyl/N-ethyl adjacent to an activating group) is 1. The summed E-state index contributed by atoms with van der Waals surface area (Å²) in [7, 11) is 1.66. The minimum Gasteiger partial charge on any atom is -0.394 e. The highest BCUT2D eigenvalue weighted by Crippen LogP contribution is 2.09. The van der Waals surface area contributed by atoms with Gasteiger partial charge in [-0.25, -0.2) is 9.97 Å². The van der Waals surface area contributed by atoms with Crippen LogP contribution in [0.15, 0.2) is 37.1 Å². The van der Waals surface area contributed by atoms with E-state index in [1.807, 2.05) is 0 Å². The first-order chi connectivity index (χ1) is 9.13. The maximum absolute atomic E-state index is 12.1. The Morgan fingerprint density at radius 1 is 1.53 bits per heavy atom. The largest absolute Gasteiger partial charge is 0.394 e. The van der Waals surface area contributed by atoms with E-state index >= 15 is 0 Å². The lowest BCUT2D eigenvalue weighted by atomic mass is 10.2. The fourth-order valence-corrected chi connectivity index (χ4v) is 1.59. The molecule has 0 fully saturated rings. The van der Waals surface area contributed by atoms with Crippen LogP contribution in [0.1, 0.15) is 17.3 Å². The molecule has 100 valence electrons. The van der Waals surface area contributed by atoms with Crippen LogP contribution >= 0.6 is 0 Å². The van der Waals surface area contributed by atoms with E-state index in [9.17, 15) is 4.79 Å². The summed E-state index contributed by atoms with van der Waals surface area (Å²) in [5.41, 5.74) is 0.492. The second kappa shape index (κ2) is 5.62. The highest BCUT2D eigenvalue weighted by atomic mass is 16.3. The van der Waals surface area contributed by atoms with Crippen LogP contribution in [0, 0.1) is 0 Å². The first-order valence-electron chi connectivity index (χ1n) is 5.96. The molecular formula is C13H16N4O2. The lowest BCUT2D eigenvalue weighted by Crippen LogP contribution is -2.37. The van der Waals surface area contributed by atoms with Gasteiger partial charge in [0.2, 0.25) is 0 Å². The number of aliphatic hydroxyl groups is 1. The van der Waals surface area contributed by atoms with E-state index < -0.39 is 0 Å². The molecule has 0 aliphatic rings. The van der Waals surface area contributed by atoms with Gasteiger partial charge >= 0.3 is 0 Å². The monoisotopic (exact) mass is 260 g/mol. The quantitative estimate of drug-likeness (QED) is 0.879. The number of amides is 1. The second-order valence-corrected chi connectivity index (χ2v) is 4.32. The van der Waals surface area contributed by atoms with Gasteiger partial charge in [-0.3, -0.25) is 9.36 Å². The molecular weight excluding hydrogens is 244 g/mol. The third kappa shape index (κ3) is 2.79. The number of hydrogen-bond acceptors (Lipinski definition) is 4. The van der Waals surface area contributed by atoms with Crippen molar-refractivity contribution in [3.8, 4) is 5.82 Å². The molecule has 0 aliphatic carbocycles. The summed E-state index contributed by atoms with van der Waals surface area (Å²) in [5.74, 6) is 0.540. The van der Waals surface area contributed by atoms with Gasteiger partial charge in [-0.05, 0) is 19.1 Å². The van der Waals surface area contributed by atoms with E-state index in [1.54, 1.807) is 49.4 Å². The summed E-state index contributed by atoms with van der Waals surface area (Å²) in [6.07, 6.45) is 6.61. The molecule has 0 spiro atoms. The van der Waals surface area contributed by atoms with Crippen molar-refractivity contribution in [1.82, 2.24) is 19.4 Å². The number of nitrogens with zero attached hydrogens (tertiary/aromatic N) is 4. The predicted octanol–water partition coefficient (Wildman–Crippen LogP) is 0.720. The molecule has 19 heavy (non-hydrogen) atoms. The maximum Gasteiger partial charge on any atom is 0.255 e. The van der Waals surface area contributed by atoms with Crippen molar-refractivity contribution in [3.63, 3.8) is 0 Å². The van der Waals surface area contributed by atoms with Crippen LogP contribution in [0.25, 0.3) is 5.82 Å². The van der Waals surface area contributed by atoms with Crippen LogP contribution in [0.2, 0.25) is 0 Å². The van der Waals surface area contributed by atoms with E-state index in [2.05, 4.69) is 9.97 Å². The van der Waals surface area contributed by atoms with Gasteiger partial charge in [0.25, 0.3) is 5.91 Å². The number of aromatic nitrogens is 3. The standard InChI is InChI=1S/C13H16N4O2/c1-10(8-18)16(2)13(19)11-3-4-12(15-7-11)17-6-5-14-9-17/h3-7,9-10,18H,8H2,1-2H3. The Morgan fingerprint density at radius 2 is 2.32 bits per heavy atom. The van der Waals surface area contributed by atoms with Gasteiger partial charge in [0.1, 0.15) is 12.1 Å². The third-order valence-electron chi connectivity index (χ3n) is 3.01. The predicted molar refractivity (Wildman–Crippen MR) is 70.0 cm³/mol. The Morgan fingerprint density at radius 3 is 2.84 bits per heavy atom. The highest BCUT2D eigenvalue weighted by Gasteiger charge is 2.17. The first-order valence-corrected chi connectivity index (χ1v) is 5.96. The Kier molecular flexibility index (Phi) is 3.91. The molecule has 2 aromatic heterocycles. The molecule has 2 rings (SSSR count). The molecule has 0 saturated heterocycles. The molecule has 2 aromatic rings. The fourth-order valence-electron chi connectivity index (χ4n) is 1.59. The van der Waals surface area contributed by atoms with Gasteiger partial charge in [0, 0.05) is 25.6 Å². The fraction of sp³-hybridized carbons (Fsp3) is 0.308. The maximum atomic E-state index is 12.1. The van der Waals surface area contributed by atoms with Crippen LogP contribution in [-0.4, -0.2) is 50.1 Å². The molecule has 1 atom stereocenters. The van der Waals surface area contributed by atoms with Crippen LogP contribution in [0.4, 0.5) is 0 Å². The second-order valence-electron chi connectivity index (χ2n) is 4.32. The summed E-state index contributed by atoms with van der Waals surface area (Å²) in [5, 5.41) is 9.05. The van der Waals surface area contributed by atoms with Crippen molar-refractivity contribution < 1.29 is 9.90 Å². The van der Waals surface area contributed by atoms with E-state index in [-0.39, 0.29) is 18.6 Å². The highest BCUT2D eigenvalue weighted by molar-refractivity contribution is 5.94. The van der Waals surface area contributed by atoms with E-state index in [1.165, 1.54) is 11.1 Å². The molecule has 0 aliphatic heterocycles. The summed E-state index contributed by atoms with van der Waals surface area (Å²) < 4.78 is 1.76. The molecule has 0 radical (unpaired) electrons. The number of imidazole rings is 1. The van der Waals surface area contributed by atoms with Crippen molar-refractivity contribution in [2.24, 2.45) is 0 Å². The summed E-state index contributed by atoms with van der Waals surface area (Å²) in [4.78, 5) is 21.8. The molecule has 1 unspecified atom stereocenters. The zero-order valence-corrected chi connectivity index (χ0v) is 10.9. The number of carbonyl (C=O) groups excluding carboxylic acids is 1. The van der Waals surface area contributed by atoms with Crippen molar-refractivity contribution in [3.05, 3.63) is 42.6 Å². The van der Waals surface area contributed by atoms with Gasteiger partial charge < -0.3 is 10.0 Å². The lowest BCUT2D eigenvalue weighted by molar-refractivity contribution is 0.0682. The topological polar surface area (TPSA) is 71.2 Å². The van der Waals surface area contributed by atoms with E-state index in [0.29, 0.717) is 11.4 Å². The van der Waals surface area contributed by atoms with Crippen LogP contribution in [0.3, 0.4) is 0 Å². The lowest BCUT2D eigenvalue weighted by Gasteiger charge is -2.23. The Balaban J connectivity index is 2.17. The number of aliphatic hydroxyl groups excluding tert-OH is 1. The van der Waals surface area contributed by atoms with E-state index in [0.717, 1.165) is 0 Å². The minimum absolute atomic E-state index is 0.0667. The van der Waals surface area contributed by atoms with Crippen molar-refractivity contribution in [1.29, 1.82) is 0 Å². The van der Waals surface area contributed by atoms with Gasteiger partial charge in [-0.1, -0.05) is 0 Å². The Hall–Kier alpha value is -2.21. The van der Waals surface area contributed by atoms with Crippen LogP contribution in [-0.2, 0) is 0 Å². The molecule has 0 bridgehead atoms. The average molecular weight is 260 g/mol. The number of rotatable bonds is 4. The SMILES string of the molecule is CC(CO)N(C)C(=O)c1ccc(-n2ccnc2)nc1.